The van der Waals surface area contributed by atoms with Crippen LogP contribution in [0, 0.1) is 17.1 Å². The van der Waals surface area contributed by atoms with Gasteiger partial charge in [-0.05, 0) is 12.1 Å². The molecule has 0 spiro atoms. The molecule has 0 radical (unpaired) electrons. The first-order valence-electron chi connectivity index (χ1n) is 5.85. The van der Waals surface area contributed by atoms with Crippen molar-refractivity contribution in [1.29, 1.82) is 5.26 Å². The highest BCUT2D eigenvalue weighted by molar-refractivity contribution is 7.99. The number of rotatable bonds is 3. The summed E-state index contributed by atoms with van der Waals surface area (Å²) in [6.07, 6.45) is 0. The Balaban J connectivity index is 2.15. The van der Waals surface area contributed by atoms with Crippen molar-refractivity contribution in [3.05, 3.63) is 35.1 Å². The second-order valence-corrected chi connectivity index (χ2v) is 5.47. The van der Waals surface area contributed by atoms with E-state index in [4.69, 9.17) is 10.4 Å². The summed E-state index contributed by atoms with van der Waals surface area (Å²) >= 11 is 1.60. The monoisotopic (exact) mass is 280 g/mol. The Hall–Kier alpha value is -1.58. The molecule has 0 amide bonds. The lowest BCUT2D eigenvalue weighted by Gasteiger charge is -2.32. The van der Waals surface area contributed by atoms with Crippen molar-refractivity contribution < 1.29 is 14.3 Å². The van der Waals surface area contributed by atoms with Crippen LogP contribution >= 0.6 is 11.8 Å². The van der Waals surface area contributed by atoms with Crippen LogP contribution in [0.25, 0.3) is 0 Å². The third kappa shape index (κ3) is 3.25. The summed E-state index contributed by atoms with van der Waals surface area (Å²) in [5.74, 6) is 0.0391. The lowest BCUT2D eigenvalue weighted by atomic mass is 10.1. The second-order valence-electron chi connectivity index (χ2n) is 4.32. The highest BCUT2D eigenvalue weighted by Crippen LogP contribution is 2.20. The van der Waals surface area contributed by atoms with Crippen molar-refractivity contribution in [1.82, 2.24) is 4.90 Å². The van der Waals surface area contributed by atoms with Crippen LogP contribution in [-0.2, 0) is 11.3 Å². The normalized spacial score (nSPS) is 19.9. The predicted molar refractivity (Wildman–Crippen MR) is 70.3 cm³/mol. The van der Waals surface area contributed by atoms with Gasteiger partial charge >= 0.3 is 5.97 Å². The molecule has 1 saturated heterocycles. The number of halogens is 1. The molecular weight excluding hydrogens is 267 g/mol. The van der Waals surface area contributed by atoms with Crippen LogP contribution in [0.4, 0.5) is 4.39 Å². The maximum absolute atomic E-state index is 13.8. The van der Waals surface area contributed by atoms with Crippen LogP contribution in [0.3, 0.4) is 0 Å². The summed E-state index contributed by atoms with van der Waals surface area (Å²) in [7, 11) is 0. The molecule has 6 heteroatoms. The third-order valence-corrected chi connectivity index (χ3v) is 4.10. The number of nitrogens with zero attached hydrogens (tertiary/aromatic N) is 2. The van der Waals surface area contributed by atoms with Gasteiger partial charge in [0.2, 0.25) is 0 Å². The first-order chi connectivity index (χ1) is 9.11. The fourth-order valence-corrected chi connectivity index (χ4v) is 3.13. The Morgan fingerprint density at radius 2 is 2.42 bits per heavy atom. The molecule has 4 nitrogen and oxygen atoms in total. The number of thioether (sulfide) groups is 1. The third-order valence-electron chi connectivity index (χ3n) is 3.08. The maximum Gasteiger partial charge on any atom is 0.321 e. The van der Waals surface area contributed by atoms with Crippen molar-refractivity contribution in [3.63, 3.8) is 0 Å². The highest BCUT2D eigenvalue weighted by atomic mass is 32.2. The van der Waals surface area contributed by atoms with Gasteiger partial charge in [-0.15, -0.1) is 0 Å². The molecule has 1 aliphatic rings. The van der Waals surface area contributed by atoms with E-state index < -0.39 is 17.8 Å². The largest absolute Gasteiger partial charge is 0.480 e. The molecule has 1 N–H and O–H groups in total. The molecule has 1 aromatic rings. The minimum absolute atomic E-state index is 0.259. The van der Waals surface area contributed by atoms with Gasteiger partial charge in [0.05, 0.1) is 11.6 Å². The van der Waals surface area contributed by atoms with Crippen molar-refractivity contribution in [3.8, 4) is 6.07 Å². The van der Waals surface area contributed by atoms with E-state index in [1.54, 1.807) is 28.8 Å². The van der Waals surface area contributed by atoms with Gasteiger partial charge in [-0.3, -0.25) is 9.69 Å². The maximum atomic E-state index is 13.8. The molecule has 0 bridgehead atoms. The van der Waals surface area contributed by atoms with Crippen LogP contribution in [0.15, 0.2) is 18.2 Å². The predicted octanol–water partition coefficient (Wildman–Crippen LogP) is 1.70. The number of benzene rings is 1. The topological polar surface area (TPSA) is 64.3 Å². The summed E-state index contributed by atoms with van der Waals surface area (Å²) in [5.41, 5.74) is 0.697. The molecule has 1 aromatic carbocycles. The zero-order chi connectivity index (χ0) is 13.8. The average molecular weight is 280 g/mol. The number of carboxylic acid groups (broad SMARTS) is 1. The van der Waals surface area contributed by atoms with Gasteiger partial charge in [0.15, 0.2) is 0 Å². The molecule has 1 fully saturated rings. The van der Waals surface area contributed by atoms with E-state index in [0.717, 1.165) is 5.75 Å². The number of carboxylic acids is 1. The SMILES string of the molecule is N#Cc1ccc(CN2CCSCC2C(=O)O)c(F)c1. The van der Waals surface area contributed by atoms with Gasteiger partial charge in [-0.2, -0.15) is 17.0 Å². The Morgan fingerprint density at radius 3 is 3.05 bits per heavy atom. The van der Waals surface area contributed by atoms with Gasteiger partial charge in [-0.25, -0.2) is 4.39 Å². The number of hydrogen-bond donors (Lipinski definition) is 1. The Morgan fingerprint density at radius 1 is 1.63 bits per heavy atom. The smallest absolute Gasteiger partial charge is 0.321 e. The van der Waals surface area contributed by atoms with Gasteiger partial charge in [0, 0.05) is 30.2 Å². The Kier molecular flexibility index (Phi) is 4.40. The average Bonchev–Trinajstić information content (AvgIpc) is 2.41. The molecule has 19 heavy (non-hydrogen) atoms. The Labute approximate surface area is 114 Å². The van der Waals surface area contributed by atoms with E-state index in [1.165, 1.54) is 6.07 Å². The molecule has 1 unspecified atom stereocenters. The lowest BCUT2D eigenvalue weighted by Crippen LogP contribution is -2.46. The molecule has 1 aliphatic heterocycles. The molecule has 1 atom stereocenters. The number of nitriles is 1. The fraction of sp³-hybridized carbons (Fsp3) is 0.385. The van der Waals surface area contributed by atoms with Crippen LogP contribution in [0.1, 0.15) is 11.1 Å². The zero-order valence-electron chi connectivity index (χ0n) is 10.2. The first kappa shape index (κ1) is 13.8. The summed E-state index contributed by atoms with van der Waals surface area (Å²) in [6.45, 7) is 0.885. The fourth-order valence-electron chi connectivity index (χ4n) is 2.02. The zero-order valence-corrected chi connectivity index (χ0v) is 11.0. The van der Waals surface area contributed by atoms with Gasteiger partial charge in [-0.1, -0.05) is 6.07 Å². The second kappa shape index (κ2) is 6.04. The molecular formula is C13H13FN2O2S. The number of hydrogen-bond acceptors (Lipinski definition) is 4. The molecule has 0 aliphatic carbocycles. The minimum Gasteiger partial charge on any atom is -0.480 e. The first-order valence-corrected chi connectivity index (χ1v) is 7.00. The number of aliphatic carboxylic acids is 1. The lowest BCUT2D eigenvalue weighted by molar-refractivity contribution is -0.142. The minimum atomic E-state index is -0.874. The van der Waals surface area contributed by atoms with Gasteiger partial charge in [0.25, 0.3) is 0 Å². The van der Waals surface area contributed by atoms with E-state index in [-0.39, 0.29) is 12.1 Å². The standard InChI is InChI=1S/C13H13FN2O2S/c14-11-5-9(6-15)1-2-10(11)7-16-3-4-19-8-12(16)13(17)18/h1-2,5,12H,3-4,7-8H2,(H,17,18). The van der Waals surface area contributed by atoms with Crippen LogP contribution < -0.4 is 0 Å². The summed E-state index contributed by atoms with van der Waals surface area (Å²) in [5, 5.41) is 17.8. The van der Waals surface area contributed by atoms with E-state index >= 15 is 0 Å². The van der Waals surface area contributed by atoms with Crippen molar-refractivity contribution in [2.45, 2.75) is 12.6 Å². The quantitative estimate of drug-likeness (QED) is 0.913. The number of carbonyl (C=O) groups is 1. The molecule has 100 valence electrons. The van der Waals surface area contributed by atoms with E-state index in [1.807, 2.05) is 6.07 Å². The van der Waals surface area contributed by atoms with Crippen molar-refractivity contribution >= 4 is 17.7 Å². The molecule has 2 rings (SSSR count). The van der Waals surface area contributed by atoms with Crippen LogP contribution in [-0.4, -0.2) is 40.1 Å². The van der Waals surface area contributed by atoms with E-state index in [2.05, 4.69) is 0 Å². The van der Waals surface area contributed by atoms with Crippen LogP contribution in [0.5, 0.6) is 0 Å². The summed E-state index contributed by atoms with van der Waals surface area (Å²) < 4.78 is 13.8. The van der Waals surface area contributed by atoms with E-state index in [9.17, 15) is 9.18 Å². The molecule has 0 saturated carbocycles. The highest BCUT2D eigenvalue weighted by Gasteiger charge is 2.29. The summed E-state index contributed by atoms with van der Waals surface area (Å²) in [6, 6.07) is 5.58. The van der Waals surface area contributed by atoms with Gasteiger partial charge in [0.1, 0.15) is 11.9 Å². The van der Waals surface area contributed by atoms with Gasteiger partial charge < -0.3 is 5.11 Å². The van der Waals surface area contributed by atoms with Crippen LogP contribution in [0.2, 0.25) is 0 Å². The summed E-state index contributed by atoms with van der Waals surface area (Å²) in [4.78, 5) is 12.9. The van der Waals surface area contributed by atoms with Crippen molar-refractivity contribution in [2.75, 3.05) is 18.1 Å². The van der Waals surface area contributed by atoms with E-state index in [0.29, 0.717) is 17.9 Å². The Bertz CT molecular complexity index is 530. The molecule has 0 aromatic heterocycles. The molecule has 1 heterocycles. The van der Waals surface area contributed by atoms with Crippen molar-refractivity contribution in [2.24, 2.45) is 0 Å².